The van der Waals surface area contributed by atoms with E-state index in [-0.39, 0.29) is 19.0 Å². The van der Waals surface area contributed by atoms with E-state index in [1.54, 1.807) is 18.2 Å². The van der Waals surface area contributed by atoms with E-state index in [4.69, 9.17) is 10.6 Å². The van der Waals surface area contributed by atoms with Crippen molar-refractivity contribution in [2.75, 3.05) is 6.61 Å². The van der Waals surface area contributed by atoms with Gasteiger partial charge in [-0.2, -0.15) is 0 Å². The summed E-state index contributed by atoms with van der Waals surface area (Å²) in [5, 5.41) is 0. The van der Waals surface area contributed by atoms with Crippen LogP contribution in [-0.4, -0.2) is 12.5 Å². The predicted octanol–water partition coefficient (Wildman–Crippen LogP) is 0.332. The van der Waals surface area contributed by atoms with Crippen molar-refractivity contribution in [2.24, 2.45) is 5.84 Å². The standard InChI is InChI=1S/C9H11FN2O2/c10-8-4-2-1-3-7(8)5-14-6-9(13)12-11/h1-4H,5-6,11H2,(H,12,13). The van der Waals surface area contributed by atoms with Crippen LogP contribution in [-0.2, 0) is 16.1 Å². The Balaban J connectivity index is 2.39. The summed E-state index contributed by atoms with van der Waals surface area (Å²) >= 11 is 0. The molecule has 0 atom stereocenters. The number of halogens is 1. The fraction of sp³-hybridized carbons (Fsp3) is 0.222. The second-order valence-electron chi connectivity index (χ2n) is 2.65. The number of nitrogens with two attached hydrogens (primary N) is 1. The van der Waals surface area contributed by atoms with Gasteiger partial charge in [-0.1, -0.05) is 18.2 Å². The third kappa shape index (κ3) is 3.12. The molecule has 1 rings (SSSR count). The number of rotatable bonds is 4. The average Bonchev–Trinajstić information content (AvgIpc) is 2.20. The molecule has 0 radical (unpaired) electrons. The quantitative estimate of drug-likeness (QED) is 0.416. The van der Waals surface area contributed by atoms with E-state index >= 15 is 0 Å². The maximum absolute atomic E-state index is 13.0. The molecule has 0 heterocycles. The Morgan fingerprint density at radius 1 is 1.50 bits per heavy atom. The van der Waals surface area contributed by atoms with Crippen LogP contribution >= 0.6 is 0 Å². The predicted molar refractivity (Wildman–Crippen MR) is 48.4 cm³/mol. The molecule has 0 saturated carbocycles. The molecule has 0 spiro atoms. The molecule has 1 amide bonds. The average molecular weight is 198 g/mol. The number of carbonyl (C=O) groups is 1. The van der Waals surface area contributed by atoms with E-state index in [0.29, 0.717) is 5.56 Å². The zero-order valence-corrected chi connectivity index (χ0v) is 7.50. The van der Waals surface area contributed by atoms with Crippen LogP contribution in [0.1, 0.15) is 5.56 Å². The molecule has 0 bridgehead atoms. The van der Waals surface area contributed by atoms with E-state index in [0.717, 1.165) is 0 Å². The zero-order chi connectivity index (χ0) is 10.4. The molecule has 0 unspecified atom stereocenters. The lowest BCUT2D eigenvalue weighted by atomic mass is 10.2. The van der Waals surface area contributed by atoms with E-state index < -0.39 is 5.91 Å². The van der Waals surface area contributed by atoms with Crippen molar-refractivity contribution in [3.8, 4) is 0 Å². The van der Waals surface area contributed by atoms with Crippen molar-refractivity contribution >= 4 is 5.91 Å². The van der Waals surface area contributed by atoms with Crippen molar-refractivity contribution in [3.63, 3.8) is 0 Å². The minimum atomic E-state index is -0.443. The summed E-state index contributed by atoms with van der Waals surface area (Å²) < 4.78 is 17.9. The van der Waals surface area contributed by atoms with Gasteiger partial charge < -0.3 is 4.74 Å². The molecule has 0 saturated heterocycles. The van der Waals surface area contributed by atoms with Crippen LogP contribution in [0.2, 0.25) is 0 Å². The summed E-state index contributed by atoms with van der Waals surface area (Å²) in [6, 6.07) is 6.22. The number of amides is 1. The summed E-state index contributed by atoms with van der Waals surface area (Å²) in [5.41, 5.74) is 2.32. The second-order valence-corrected chi connectivity index (χ2v) is 2.65. The topological polar surface area (TPSA) is 64.3 Å². The highest BCUT2D eigenvalue weighted by Gasteiger charge is 2.02. The smallest absolute Gasteiger partial charge is 0.259 e. The SMILES string of the molecule is NNC(=O)COCc1ccccc1F. The number of hydrazine groups is 1. The van der Waals surface area contributed by atoms with E-state index in [2.05, 4.69) is 0 Å². The lowest BCUT2D eigenvalue weighted by Crippen LogP contribution is -2.33. The van der Waals surface area contributed by atoms with Crippen LogP contribution in [0.3, 0.4) is 0 Å². The van der Waals surface area contributed by atoms with Crippen LogP contribution in [0.5, 0.6) is 0 Å². The van der Waals surface area contributed by atoms with Gasteiger partial charge in [-0.25, -0.2) is 10.2 Å². The molecule has 0 aromatic heterocycles. The fourth-order valence-electron chi connectivity index (χ4n) is 0.911. The van der Waals surface area contributed by atoms with Crippen molar-refractivity contribution in [3.05, 3.63) is 35.6 Å². The number of hydrogen-bond acceptors (Lipinski definition) is 3. The Bertz CT molecular complexity index is 317. The number of ether oxygens (including phenoxy) is 1. The first-order valence-electron chi connectivity index (χ1n) is 4.04. The maximum atomic E-state index is 13.0. The third-order valence-electron chi connectivity index (χ3n) is 1.61. The molecule has 0 aliphatic heterocycles. The molecule has 5 heteroatoms. The number of carbonyl (C=O) groups excluding carboxylic acids is 1. The summed E-state index contributed by atoms with van der Waals surface area (Å²) in [5.74, 6) is 4.04. The van der Waals surface area contributed by atoms with Crippen LogP contribution in [0.15, 0.2) is 24.3 Å². The maximum Gasteiger partial charge on any atom is 0.259 e. The molecule has 3 N–H and O–H groups in total. The molecular formula is C9H11FN2O2. The van der Waals surface area contributed by atoms with Gasteiger partial charge >= 0.3 is 0 Å². The summed E-state index contributed by atoms with van der Waals surface area (Å²) in [6.45, 7) is -0.120. The second kappa shape index (κ2) is 5.31. The molecule has 76 valence electrons. The summed E-state index contributed by atoms with van der Waals surface area (Å²) in [6.07, 6.45) is 0. The lowest BCUT2D eigenvalue weighted by Gasteiger charge is -2.03. The third-order valence-corrected chi connectivity index (χ3v) is 1.61. The normalized spacial score (nSPS) is 9.86. The van der Waals surface area contributed by atoms with Crippen LogP contribution < -0.4 is 11.3 Å². The highest BCUT2D eigenvalue weighted by atomic mass is 19.1. The molecule has 0 aliphatic rings. The molecular weight excluding hydrogens is 187 g/mol. The minimum absolute atomic E-state index is 0.0556. The van der Waals surface area contributed by atoms with Gasteiger partial charge in [-0.05, 0) is 6.07 Å². The highest BCUT2D eigenvalue weighted by molar-refractivity contribution is 5.76. The van der Waals surface area contributed by atoms with Gasteiger partial charge in [0.1, 0.15) is 12.4 Å². The number of nitrogens with one attached hydrogen (secondary N) is 1. The molecule has 1 aromatic carbocycles. The molecule has 4 nitrogen and oxygen atoms in total. The van der Waals surface area contributed by atoms with Crippen molar-refractivity contribution in [1.82, 2.24) is 5.43 Å². The molecule has 0 aliphatic carbocycles. The first kappa shape index (κ1) is 10.6. The highest BCUT2D eigenvalue weighted by Crippen LogP contribution is 2.06. The van der Waals surface area contributed by atoms with Crippen LogP contribution in [0.4, 0.5) is 4.39 Å². The Morgan fingerprint density at radius 2 is 2.21 bits per heavy atom. The van der Waals surface area contributed by atoms with Crippen LogP contribution in [0, 0.1) is 5.82 Å². The van der Waals surface area contributed by atoms with E-state index in [1.807, 2.05) is 5.43 Å². The van der Waals surface area contributed by atoms with Gasteiger partial charge in [-0.3, -0.25) is 10.2 Å². The van der Waals surface area contributed by atoms with Gasteiger partial charge in [0.15, 0.2) is 0 Å². The lowest BCUT2D eigenvalue weighted by molar-refractivity contribution is -0.126. The van der Waals surface area contributed by atoms with E-state index in [9.17, 15) is 9.18 Å². The number of hydrogen-bond donors (Lipinski definition) is 2. The number of benzene rings is 1. The Labute approximate surface area is 80.8 Å². The fourth-order valence-corrected chi connectivity index (χ4v) is 0.911. The van der Waals surface area contributed by atoms with Crippen molar-refractivity contribution in [1.29, 1.82) is 0 Å². The zero-order valence-electron chi connectivity index (χ0n) is 7.50. The minimum Gasteiger partial charge on any atom is -0.367 e. The van der Waals surface area contributed by atoms with E-state index in [1.165, 1.54) is 6.07 Å². The van der Waals surface area contributed by atoms with Gasteiger partial charge in [0.25, 0.3) is 5.91 Å². The Morgan fingerprint density at radius 3 is 2.86 bits per heavy atom. The summed E-state index contributed by atoms with van der Waals surface area (Å²) in [4.78, 5) is 10.6. The van der Waals surface area contributed by atoms with Crippen LogP contribution in [0.25, 0.3) is 0 Å². The molecule has 14 heavy (non-hydrogen) atoms. The molecule has 0 fully saturated rings. The monoisotopic (exact) mass is 198 g/mol. The van der Waals surface area contributed by atoms with Gasteiger partial charge in [0.2, 0.25) is 0 Å². The van der Waals surface area contributed by atoms with Crippen molar-refractivity contribution < 1.29 is 13.9 Å². The Kier molecular flexibility index (Phi) is 4.03. The first-order chi connectivity index (χ1) is 6.74. The first-order valence-corrected chi connectivity index (χ1v) is 4.04. The van der Waals surface area contributed by atoms with Gasteiger partial charge in [0, 0.05) is 5.56 Å². The molecule has 1 aromatic rings. The van der Waals surface area contributed by atoms with Crippen molar-refractivity contribution in [2.45, 2.75) is 6.61 Å². The van der Waals surface area contributed by atoms with Gasteiger partial charge in [0.05, 0.1) is 6.61 Å². The Hall–Kier alpha value is -1.46. The largest absolute Gasteiger partial charge is 0.367 e. The summed E-state index contributed by atoms with van der Waals surface area (Å²) in [7, 11) is 0. The van der Waals surface area contributed by atoms with Gasteiger partial charge in [-0.15, -0.1) is 0 Å².